The highest BCUT2D eigenvalue weighted by Crippen LogP contribution is 2.38. The van der Waals surface area contributed by atoms with Crippen LogP contribution in [0.15, 0.2) is 11.6 Å². The van der Waals surface area contributed by atoms with E-state index in [1.54, 1.807) is 34.6 Å². The van der Waals surface area contributed by atoms with Crippen LogP contribution in [0.25, 0.3) is 0 Å². The summed E-state index contributed by atoms with van der Waals surface area (Å²) in [5, 5.41) is 11.9. The van der Waals surface area contributed by atoms with E-state index < -0.39 is 71.3 Å². The molecule has 11 nitrogen and oxygen atoms in total. The van der Waals surface area contributed by atoms with Crippen molar-refractivity contribution in [1.82, 2.24) is 4.90 Å². The van der Waals surface area contributed by atoms with Gasteiger partial charge in [0.1, 0.15) is 17.6 Å². The van der Waals surface area contributed by atoms with Crippen LogP contribution < -0.4 is 0 Å². The normalized spacial score (nSPS) is 38.7. The lowest BCUT2D eigenvalue weighted by Gasteiger charge is -2.48. The number of halogens is 2. The van der Waals surface area contributed by atoms with E-state index in [0.717, 1.165) is 0 Å². The number of likely N-dealkylation sites (N-methyl/N-ethyl adjacent to an activating group) is 1. The molecule has 0 aliphatic carbocycles. The third-order valence-electron chi connectivity index (χ3n) is 9.22. The molecule has 2 heterocycles. The number of Topliss-reactive ketones (excluding diaryl/α,β-unsaturated/α-hetero) is 2. The average molecular weight is 798 g/mol. The number of allylic oxidation sites excluding steroid dienone is 1. The molecule has 47 heavy (non-hydrogen) atoms. The molecule has 0 bridgehead atoms. The van der Waals surface area contributed by atoms with Gasteiger partial charge in [-0.15, -0.1) is 0 Å². The first kappa shape index (κ1) is 41.9. The topological polar surface area (TPSA) is 138 Å². The zero-order valence-electron chi connectivity index (χ0n) is 29.7. The number of esters is 2. The van der Waals surface area contributed by atoms with Gasteiger partial charge >= 0.3 is 11.9 Å². The van der Waals surface area contributed by atoms with E-state index in [4.69, 9.17) is 23.7 Å². The molecular formula is C34H55Br2NO10. The Balaban J connectivity index is 2.79. The van der Waals surface area contributed by atoms with Crippen LogP contribution >= 0.6 is 31.9 Å². The quantitative estimate of drug-likeness (QED) is 0.196. The summed E-state index contributed by atoms with van der Waals surface area (Å²) in [7, 11) is 3.76. The summed E-state index contributed by atoms with van der Waals surface area (Å²) >= 11 is 7.05. The van der Waals surface area contributed by atoms with Crippen LogP contribution in [0.5, 0.6) is 0 Å². The highest BCUT2D eigenvalue weighted by atomic mass is 79.9. The van der Waals surface area contributed by atoms with Gasteiger partial charge in [-0.2, -0.15) is 0 Å². The maximum Gasteiger partial charge on any atom is 0.316 e. The van der Waals surface area contributed by atoms with E-state index in [0.29, 0.717) is 17.3 Å². The molecule has 1 fully saturated rings. The third-order valence-corrected chi connectivity index (χ3v) is 11.5. The van der Waals surface area contributed by atoms with E-state index in [9.17, 15) is 24.3 Å². The SMILES string of the molecule is CC[C@H]1OC(=O)[C@H](C)C(=O)[C@H](C)[C@@H](OC2O[C@H](C)C[C@H](N(C)C)[C@H]2OC(C)=O)[C@@](C)(OCC(Br)CBr)C[C@@H](C)C(=O)C(C)=C[C@]1(C)O. The number of hydrogen-bond acceptors (Lipinski definition) is 11. The van der Waals surface area contributed by atoms with Crippen LogP contribution in [-0.2, 0) is 42.9 Å². The summed E-state index contributed by atoms with van der Waals surface area (Å²) in [6.07, 6.45) is -1.92. The number of cyclic esters (lactones) is 1. The fourth-order valence-corrected chi connectivity index (χ4v) is 7.00. The minimum absolute atomic E-state index is 0.112. The Morgan fingerprint density at radius 3 is 2.32 bits per heavy atom. The minimum Gasteiger partial charge on any atom is -0.458 e. The molecule has 0 aromatic heterocycles. The zero-order chi connectivity index (χ0) is 36.0. The molecule has 0 spiro atoms. The minimum atomic E-state index is -1.66. The van der Waals surface area contributed by atoms with Gasteiger partial charge in [-0.3, -0.25) is 19.2 Å². The Bertz CT molecular complexity index is 1150. The van der Waals surface area contributed by atoms with Crippen LogP contribution in [0, 0.1) is 17.8 Å². The third kappa shape index (κ3) is 10.9. The number of carbonyl (C=O) groups excluding carboxylic acids is 4. The van der Waals surface area contributed by atoms with Gasteiger partial charge in [-0.05, 0) is 79.6 Å². The van der Waals surface area contributed by atoms with Gasteiger partial charge in [0.15, 0.2) is 24.0 Å². The van der Waals surface area contributed by atoms with E-state index in [1.807, 2.05) is 25.9 Å². The fourth-order valence-electron chi connectivity index (χ4n) is 6.68. The zero-order valence-corrected chi connectivity index (χ0v) is 32.9. The number of aliphatic hydroxyl groups is 1. The lowest BCUT2D eigenvalue weighted by Crippen LogP contribution is -2.60. The Hall–Kier alpha value is -1.22. The van der Waals surface area contributed by atoms with Crippen LogP contribution in [0.4, 0.5) is 0 Å². The Kier molecular flexibility index (Phi) is 15.7. The van der Waals surface area contributed by atoms with Crippen molar-refractivity contribution in [3.8, 4) is 0 Å². The van der Waals surface area contributed by atoms with Crippen LogP contribution in [0.2, 0.25) is 0 Å². The summed E-state index contributed by atoms with van der Waals surface area (Å²) in [4.78, 5) is 55.6. The molecule has 2 aliphatic rings. The number of nitrogens with zero attached hydrogens (tertiary/aromatic N) is 1. The lowest BCUT2D eigenvalue weighted by molar-refractivity contribution is -0.299. The monoisotopic (exact) mass is 795 g/mol. The molecule has 13 heteroatoms. The van der Waals surface area contributed by atoms with Crippen molar-refractivity contribution in [3.63, 3.8) is 0 Å². The Labute approximate surface area is 297 Å². The average Bonchev–Trinajstić information content (AvgIpc) is 2.99. The van der Waals surface area contributed by atoms with E-state index in [1.165, 1.54) is 26.8 Å². The number of alkyl halides is 2. The van der Waals surface area contributed by atoms with Gasteiger partial charge in [0, 0.05) is 28.9 Å². The number of carbonyl (C=O) groups is 4. The van der Waals surface area contributed by atoms with Gasteiger partial charge in [-0.1, -0.05) is 52.6 Å². The molecule has 1 saturated heterocycles. The van der Waals surface area contributed by atoms with Gasteiger partial charge in [0.05, 0.1) is 30.5 Å². The predicted octanol–water partition coefficient (Wildman–Crippen LogP) is 4.77. The van der Waals surface area contributed by atoms with Gasteiger partial charge in [0.25, 0.3) is 0 Å². The smallest absolute Gasteiger partial charge is 0.316 e. The standard InChI is InChI=1S/C34H55Br2NO10/c1-12-26-33(8,42)14-18(2)27(39)19(3)15-34(9,43-17-24(36)16-35)30(21(5)28(40)22(6)31(41)46-26)47-32-29(45-23(7)38)25(37(10)11)13-20(4)44-32/h14,19-22,24-26,29-30,32,42H,12-13,15-17H2,1-11H3/t19-,20-,21+,22-,24?,25+,26-,29-,30-,32?,33+,34+/m1/s1. The highest BCUT2D eigenvalue weighted by molar-refractivity contribution is 9.12. The van der Waals surface area contributed by atoms with Crippen molar-refractivity contribution >= 4 is 55.4 Å². The molecule has 0 amide bonds. The Morgan fingerprint density at radius 1 is 1.17 bits per heavy atom. The first-order chi connectivity index (χ1) is 21.7. The van der Waals surface area contributed by atoms with Crippen LogP contribution in [0.3, 0.4) is 0 Å². The summed E-state index contributed by atoms with van der Waals surface area (Å²) in [5.41, 5.74) is -2.64. The number of rotatable bonds is 9. The van der Waals surface area contributed by atoms with Crippen molar-refractivity contribution in [1.29, 1.82) is 0 Å². The first-order valence-corrected chi connectivity index (χ1v) is 18.4. The van der Waals surface area contributed by atoms with E-state index in [-0.39, 0.29) is 42.2 Å². The number of ketones is 2. The lowest BCUT2D eigenvalue weighted by atomic mass is 9.76. The van der Waals surface area contributed by atoms with Crippen molar-refractivity contribution in [2.45, 2.75) is 134 Å². The maximum atomic E-state index is 14.2. The molecule has 0 aromatic rings. The second-order valence-electron chi connectivity index (χ2n) is 13.9. The fraction of sp³-hybridized carbons (Fsp3) is 0.824. The molecule has 2 rings (SSSR count). The molecule has 2 aliphatic heterocycles. The predicted molar refractivity (Wildman–Crippen MR) is 184 cm³/mol. The Morgan fingerprint density at radius 2 is 1.79 bits per heavy atom. The molecule has 0 saturated carbocycles. The maximum absolute atomic E-state index is 14.2. The summed E-state index contributed by atoms with van der Waals surface area (Å²) in [6, 6.07) is -0.259. The van der Waals surface area contributed by atoms with Crippen molar-refractivity contribution in [3.05, 3.63) is 11.6 Å². The van der Waals surface area contributed by atoms with E-state index in [2.05, 4.69) is 31.9 Å². The van der Waals surface area contributed by atoms with Crippen molar-refractivity contribution in [2.24, 2.45) is 17.8 Å². The van der Waals surface area contributed by atoms with Gasteiger partial charge in [-0.25, -0.2) is 0 Å². The summed E-state index contributed by atoms with van der Waals surface area (Å²) in [6.45, 7) is 14.9. The van der Waals surface area contributed by atoms with E-state index >= 15 is 0 Å². The molecular weight excluding hydrogens is 742 g/mol. The van der Waals surface area contributed by atoms with Crippen molar-refractivity contribution < 1.29 is 48.0 Å². The van der Waals surface area contributed by atoms with Crippen LogP contribution in [-0.4, -0.2) is 112 Å². The van der Waals surface area contributed by atoms with Crippen LogP contribution in [0.1, 0.15) is 81.6 Å². The molecule has 0 aromatic carbocycles. The molecule has 12 atom stereocenters. The number of ether oxygens (including phenoxy) is 5. The largest absolute Gasteiger partial charge is 0.458 e. The highest BCUT2D eigenvalue weighted by Gasteiger charge is 2.51. The second-order valence-corrected chi connectivity index (χ2v) is 15.8. The van der Waals surface area contributed by atoms with Gasteiger partial charge < -0.3 is 33.7 Å². The summed E-state index contributed by atoms with van der Waals surface area (Å²) in [5.74, 6) is -4.85. The molecule has 2 unspecified atom stereocenters. The molecule has 0 radical (unpaired) electrons. The van der Waals surface area contributed by atoms with Crippen molar-refractivity contribution in [2.75, 3.05) is 26.0 Å². The first-order valence-electron chi connectivity index (χ1n) is 16.4. The molecule has 270 valence electrons. The molecule has 1 N–H and O–H groups in total. The summed E-state index contributed by atoms with van der Waals surface area (Å²) < 4.78 is 31.1. The second kappa shape index (κ2) is 17.6. The number of hydrogen-bond donors (Lipinski definition) is 1. The van der Waals surface area contributed by atoms with Gasteiger partial charge in [0.2, 0.25) is 0 Å².